The zero-order valence-corrected chi connectivity index (χ0v) is 16.0. The van der Waals surface area contributed by atoms with Gasteiger partial charge in [0.25, 0.3) is 0 Å². The second-order valence-electron chi connectivity index (χ2n) is 6.06. The molecule has 0 bridgehead atoms. The monoisotopic (exact) mass is 420 g/mol. The summed E-state index contributed by atoms with van der Waals surface area (Å²) >= 11 is 12.6. The molecule has 2 N–H and O–H groups in total. The number of rotatable bonds is 6. The Balaban J connectivity index is 1.91. The lowest BCUT2D eigenvalue weighted by Crippen LogP contribution is -2.09. The Kier molecular flexibility index (Phi) is 6.07. The predicted octanol–water partition coefficient (Wildman–Crippen LogP) is 5.56. The van der Waals surface area contributed by atoms with Crippen LogP contribution in [-0.2, 0) is 11.2 Å². The summed E-state index contributed by atoms with van der Waals surface area (Å²) in [7, 11) is 0. The molecule has 0 unspecified atom stereocenters. The summed E-state index contributed by atoms with van der Waals surface area (Å²) in [5.74, 6) is -1.34. The third kappa shape index (κ3) is 4.55. The van der Waals surface area contributed by atoms with E-state index in [1.54, 1.807) is 30.3 Å². The van der Waals surface area contributed by atoms with E-state index >= 15 is 0 Å². The van der Waals surface area contributed by atoms with Crippen molar-refractivity contribution in [3.05, 3.63) is 81.6 Å². The minimum absolute atomic E-state index is 0.0385. The molecule has 0 aliphatic heterocycles. The smallest absolute Gasteiger partial charge is 0.341 e. The Labute approximate surface area is 170 Å². The molecule has 0 atom stereocenters. The van der Waals surface area contributed by atoms with Gasteiger partial charge in [-0.2, -0.15) is 0 Å². The van der Waals surface area contributed by atoms with Crippen LogP contribution >= 0.6 is 23.2 Å². The van der Waals surface area contributed by atoms with Crippen molar-refractivity contribution < 1.29 is 24.1 Å². The fourth-order valence-corrected chi connectivity index (χ4v) is 3.37. The second-order valence-corrected chi connectivity index (χ2v) is 6.87. The van der Waals surface area contributed by atoms with Crippen LogP contribution < -0.4 is 4.74 Å². The summed E-state index contributed by atoms with van der Waals surface area (Å²) in [6, 6.07) is 14.0. The molecular formula is C21H15Cl2FO4. The number of hydrogen-bond acceptors (Lipinski definition) is 3. The van der Waals surface area contributed by atoms with Gasteiger partial charge in [-0.15, -0.1) is 0 Å². The minimum atomic E-state index is -1.11. The standard InChI is InChI=1S/C21H15Cl2FO4/c22-17-9-13(28-11-21(26)27)10-18(23)16(17)8-12-5-6-20(25)15(7-12)14-3-1-2-4-19(14)24/h1-7,9-10,25H,8,11H2,(H,26,27). The molecule has 0 heterocycles. The maximum Gasteiger partial charge on any atom is 0.341 e. The van der Waals surface area contributed by atoms with Crippen molar-refractivity contribution in [2.75, 3.05) is 6.61 Å². The van der Waals surface area contributed by atoms with Gasteiger partial charge in [-0.3, -0.25) is 0 Å². The summed E-state index contributed by atoms with van der Waals surface area (Å²) in [6.07, 6.45) is 0.332. The lowest BCUT2D eigenvalue weighted by atomic mass is 9.98. The highest BCUT2D eigenvalue weighted by Gasteiger charge is 2.14. The molecule has 0 amide bonds. The molecule has 0 fully saturated rings. The first kappa shape index (κ1) is 20.0. The summed E-state index contributed by atoms with van der Waals surface area (Å²) in [5.41, 5.74) is 2.02. The molecule has 0 saturated heterocycles. The van der Waals surface area contributed by atoms with Crippen LogP contribution in [0, 0.1) is 5.82 Å². The van der Waals surface area contributed by atoms with E-state index in [2.05, 4.69) is 0 Å². The lowest BCUT2D eigenvalue weighted by Gasteiger charge is -2.13. The van der Waals surface area contributed by atoms with Gasteiger partial charge in [0, 0.05) is 27.6 Å². The van der Waals surface area contributed by atoms with Gasteiger partial charge in [0.05, 0.1) is 0 Å². The van der Waals surface area contributed by atoms with Crippen molar-refractivity contribution in [3.63, 3.8) is 0 Å². The first-order valence-electron chi connectivity index (χ1n) is 8.24. The number of carboxylic acids is 1. The topological polar surface area (TPSA) is 66.8 Å². The van der Waals surface area contributed by atoms with E-state index in [0.29, 0.717) is 27.6 Å². The van der Waals surface area contributed by atoms with Crippen LogP contribution in [-0.4, -0.2) is 22.8 Å². The largest absolute Gasteiger partial charge is 0.507 e. The SMILES string of the molecule is O=C(O)COc1cc(Cl)c(Cc2ccc(O)c(-c3ccccc3F)c2)c(Cl)c1. The van der Waals surface area contributed by atoms with Crippen LogP contribution in [0.2, 0.25) is 10.0 Å². The Morgan fingerprint density at radius 3 is 2.32 bits per heavy atom. The third-order valence-electron chi connectivity index (χ3n) is 4.08. The van der Waals surface area contributed by atoms with Crippen molar-refractivity contribution in [3.8, 4) is 22.6 Å². The molecule has 144 valence electrons. The maximum absolute atomic E-state index is 14.1. The van der Waals surface area contributed by atoms with Gasteiger partial charge in [0.2, 0.25) is 0 Å². The first-order valence-corrected chi connectivity index (χ1v) is 9.00. The van der Waals surface area contributed by atoms with Gasteiger partial charge in [0.1, 0.15) is 17.3 Å². The highest BCUT2D eigenvalue weighted by atomic mass is 35.5. The molecule has 7 heteroatoms. The van der Waals surface area contributed by atoms with Crippen molar-refractivity contribution in [2.24, 2.45) is 0 Å². The number of halogens is 3. The summed E-state index contributed by atoms with van der Waals surface area (Å²) in [5, 5.41) is 19.5. The fourth-order valence-electron chi connectivity index (χ4n) is 2.77. The molecule has 0 spiro atoms. The summed E-state index contributed by atoms with van der Waals surface area (Å²) < 4.78 is 19.2. The van der Waals surface area contributed by atoms with Crippen molar-refractivity contribution in [1.82, 2.24) is 0 Å². The Morgan fingerprint density at radius 2 is 1.68 bits per heavy atom. The van der Waals surface area contributed by atoms with Crippen LogP contribution in [0.3, 0.4) is 0 Å². The molecular weight excluding hydrogens is 406 g/mol. The quantitative estimate of drug-likeness (QED) is 0.547. The molecule has 3 aromatic carbocycles. The zero-order chi connectivity index (χ0) is 20.3. The normalized spacial score (nSPS) is 10.7. The highest BCUT2D eigenvalue weighted by molar-refractivity contribution is 6.36. The number of phenolic OH excluding ortho intramolecular Hbond substituents is 1. The summed E-state index contributed by atoms with van der Waals surface area (Å²) in [6.45, 7) is -0.504. The first-order chi connectivity index (χ1) is 13.3. The number of benzene rings is 3. The van der Waals surface area contributed by atoms with Gasteiger partial charge in [-0.1, -0.05) is 47.5 Å². The average Bonchev–Trinajstić information content (AvgIpc) is 2.65. The van der Waals surface area contributed by atoms with E-state index < -0.39 is 18.4 Å². The number of aromatic hydroxyl groups is 1. The fraction of sp³-hybridized carbons (Fsp3) is 0.0952. The number of ether oxygens (including phenoxy) is 1. The molecule has 0 radical (unpaired) electrons. The number of aliphatic carboxylic acids is 1. The lowest BCUT2D eigenvalue weighted by molar-refractivity contribution is -0.139. The third-order valence-corrected chi connectivity index (χ3v) is 4.76. The van der Waals surface area contributed by atoms with Gasteiger partial charge in [0.15, 0.2) is 6.61 Å². The molecule has 4 nitrogen and oxygen atoms in total. The van der Waals surface area contributed by atoms with E-state index in [-0.39, 0.29) is 17.1 Å². The highest BCUT2D eigenvalue weighted by Crippen LogP contribution is 2.35. The molecule has 3 rings (SSSR count). The molecule has 3 aromatic rings. The van der Waals surface area contributed by atoms with Gasteiger partial charge >= 0.3 is 5.97 Å². The van der Waals surface area contributed by atoms with Crippen molar-refractivity contribution >= 4 is 29.2 Å². The minimum Gasteiger partial charge on any atom is -0.507 e. The van der Waals surface area contributed by atoms with Crippen molar-refractivity contribution in [2.45, 2.75) is 6.42 Å². The number of phenols is 1. The summed E-state index contributed by atoms with van der Waals surface area (Å²) in [4.78, 5) is 10.6. The van der Waals surface area contributed by atoms with Gasteiger partial charge < -0.3 is 14.9 Å². The Morgan fingerprint density at radius 1 is 1.00 bits per heavy atom. The van der Waals surface area contributed by atoms with E-state index in [4.69, 9.17) is 33.0 Å². The number of carbonyl (C=O) groups is 1. The van der Waals surface area contributed by atoms with Crippen LogP contribution in [0.4, 0.5) is 4.39 Å². The molecule has 0 aliphatic rings. The number of hydrogen-bond donors (Lipinski definition) is 2. The van der Waals surface area contributed by atoms with Crippen LogP contribution in [0.1, 0.15) is 11.1 Å². The molecule has 0 aliphatic carbocycles. The molecule has 0 saturated carbocycles. The van der Waals surface area contributed by atoms with E-state index in [1.165, 1.54) is 24.3 Å². The number of carboxylic acid groups (broad SMARTS) is 1. The van der Waals surface area contributed by atoms with Crippen molar-refractivity contribution in [1.29, 1.82) is 0 Å². The predicted molar refractivity (Wildman–Crippen MR) is 106 cm³/mol. The Hall–Kier alpha value is -2.76. The van der Waals surface area contributed by atoms with Crippen LogP contribution in [0.15, 0.2) is 54.6 Å². The van der Waals surface area contributed by atoms with E-state index in [1.807, 2.05) is 0 Å². The van der Waals surface area contributed by atoms with Gasteiger partial charge in [-0.05, 0) is 41.5 Å². The average molecular weight is 421 g/mol. The van der Waals surface area contributed by atoms with Gasteiger partial charge in [-0.25, -0.2) is 9.18 Å². The molecule has 0 aromatic heterocycles. The van der Waals surface area contributed by atoms with E-state index in [0.717, 1.165) is 5.56 Å². The Bertz CT molecular complexity index is 1010. The molecule has 28 heavy (non-hydrogen) atoms. The van der Waals surface area contributed by atoms with E-state index in [9.17, 15) is 14.3 Å². The van der Waals surface area contributed by atoms with Crippen LogP contribution in [0.25, 0.3) is 11.1 Å². The maximum atomic E-state index is 14.1. The van der Waals surface area contributed by atoms with Crippen LogP contribution in [0.5, 0.6) is 11.5 Å². The second kappa shape index (κ2) is 8.50. The zero-order valence-electron chi connectivity index (χ0n) is 14.5.